The second-order valence-corrected chi connectivity index (χ2v) is 8.16. The van der Waals surface area contributed by atoms with Gasteiger partial charge in [-0.1, -0.05) is 0 Å². The standard InChI is InChI=1S/C20H23NO5S/c1-3-26-17-10-12-18(13-11-17)27(23,24)21-14-4-5-19(21)20(22)15-6-8-16(25-2)9-7-15/h6-13,19H,3-5,14H2,1-2H3. The summed E-state index contributed by atoms with van der Waals surface area (Å²) in [5.74, 6) is 1.07. The molecule has 1 heterocycles. The molecule has 6 nitrogen and oxygen atoms in total. The van der Waals surface area contributed by atoms with Gasteiger partial charge in [0.2, 0.25) is 10.0 Å². The maximum absolute atomic E-state index is 13.1. The summed E-state index contributed by atoms with van der Waals surface area (Å²) < 4.78 is 37.9. The van der Waals surface area contributed by atoms with E-state index in [1.165, 1.54) is 16.4 Å². The Bertz CT molecular complexity index is 891. The molecule has 0 aromatic heterocycles. The van der Waals surface area contributed by atoms with Crippen LogP contribution in [0.1, 0.15) is 30.1 Å². The molecule has 7 heteroatoms. The van der Waals surface area contributed by atoms with Crippen molar-refractivity contribution >= 4 is 15.8 Å². The molecule has 0 bridgehead atoms. The van der Waals surface area contributed by atoms with E-state index in [-0.39, 0.29) is 10.7 Å². The fourth-order valence-corrected chi connectivity index (χ4v) is 4.90. The summed E-state index contributed by atoms with van der Waals surface area (Å²) >= 11 is 0. The van der Waals surface area contributed by atoms with E-state index >= 15 is 0 Å². The molecule has 1 unspecified atom stereocenters. The summed E-state index contributed by atoms with van der Waals surface area (Å²) in [5.41, 5.74) is 0.481. The lowest BCUT2D eigenvalue weighted by Gasteiger charge is -2.23. The fourth-order valence-electron chi connectivity index (χ4n) is 3.25. The second-order valence-electron chi connectivity index (χ2n) is 6.27. The maximum atomic E-state index is 13.1. The fraction of sp³-hybridized carbons (Fsp3) is 0.350. The minimum atomic E-state index is -3.75. The van der Waals surface area contributed by atoms with E-state index < -0.39 is 16.1 Å². The first-order valence-corrected chi connectivity index (χ1v) is 10.3. The molecule has 0 saturated carbocycles. The van der Waals surface area contributed by atoms with Gasteiger partial charge in [0.05, 0.1) is 24.7 Å². The van der Waals surface area contributed by atoms with Crippen LogP contribution in [-0.2, 0) is 10.0 Å². The van der Waals surface area contributed by atoms with Crippen LogP contribution in [0.2, 0.25) is 0 Å². The van der Waals surface area contributed by atoms with Crippen molar-refractivity contribution in [2.24, 2.45) is 0 Å². The van der Waals surface area contributed by atoms with Crippen LogP contribution >= 0.6 is 0 Å². The Kier molecular flexibility index (Phi) is 5.82. The quantitative estimate of drug-likeness (QED) is 0.680. The Morgan fingerprint density at radius 3 is 2.30 bits per heavy atom. The van der Waals surface area contributed by atoms with Gasteiger partial charge in [0, 0.05) is 12.1 Å². The first-order chi connectivity index (χ1) is 13.0. The Balaban J connectivity index is 1.84. The first-order valence-electron chi connectivity index (χ1n) is 8.90. The average molecular weight is 389 g/mol. The molecule has 0 N–H and O–H groups in total. The van der Waals surface area contributed by atoms with Gasteiger partial charge in [-0.15, -0.1) is 0 Å². The zero-order valence-electron chi connectivity index (χ0n) is 15.4. The van der Waals surface area contributed by atoms with Gasteiger partial charge in [-0.3, -0.25) is 4.79 Å². The molecular weight excluding hydrogens is 366 g/mol. The van der Waals surface area contributed by atoms with Crippen LogP contribution < -0.4 is 9.47 Å². The lowest BCUT2D eigenvalue weighted by Crippen LogP contribution is -2.40. The molecule has 27 heavy (non-hydrogen) atoms. The lowest BCUT2D eigenvalue weighted by atomic mass is 10.0. The predicted molar refractivity (Wildman–Crippen MR) is 102 cm³/mol. The van der Waals surface area contributed by atoms with Gasteiger partial charge >= 0.3 is 0 Å². The van der Waals surface area contributed by atoms with Crippen molar-refractivity contribution < 1.29 is 22.7 Å². The largest absolute Gasteiger partial charge is 0.497 e. The number of rotatable bonds is 7. The van der Waals surface area contributed by atoms with E-state index in [2.05, 4.69) is 0 Å². The van der Waals surface area contributed by atoms with Gasteiger partial charge in [0.15, 0.2) is 5.78 Å². The van der Waals surface area contributed by atoms with Crippen molar-refractivity contribution in [1.82, 2.24) is 4.31 Å². The number of ketones is 1. The van der Waals surface area contributed by atoms with Gasteiger partial charge in [-0.05, 0) is 68.3 Å². The van der Waals surface area contributed by atoms with Crippen LogP contribution in [0.5, 0.6) is 11.5 Å². The third kappa shape index (κ3) is 3.99. The second kappa shape index (κ2) is 8.10. The monoisotopic (exact) mass is 389 g/mol. The SMILES string of the molecule is CCOc1ccc(S(=O)(=O)N2CCCC2C(=O)c2ccc(OC)cc2)cc1. The summed E-state index contributed by atoms with van der Waals surface area (Å²) in [6.45, 7) is 2.71. The molecule has 2 aromatic carbocycles. The third-order valence-corrected chi connectivity index (χ3v) is 6.54. The molecular formula is C20H23NO5S. The van der Waals surface area contributed by atoms with E-state index in [4.69, 9.17) is 9.47 Å². The van der Waals surface area contributed by atoms with Crippen LogP contribution in [0.15, 0.2) is 53.4 Å². The van der Waals surface area contributed by atoms with E-state index in [9.17, 15) is 13.2 Å². The van der Waals surface area contributed by atoms with Crippen molar-refractivity contribution in [1.29, 1.82) is 0 Å². The molecule has 1 fully saturated rings. The lowest BCUT2D eigenvalue weighted by molar-refractivity contribution is 0.0918. The molecule has 0 radical (unpaired) electrons. The number of nitrogens with zero attached hydrogens (tertiary/aromatic N) is 1. The van der Waals surface area contributed by atoms with Crippen molar-refractivity contribution in [3.05, 3.63) is 54.1 Å². The van der Waals surface area contributed by atoms with E-state index in [0.29, 0.717) is 43.1 Å². The molecule has 1 saturated heterocycles. The van der Waals surface area contributed by atoms with Crippen LogP contribution in [0.4, 0.5) is 0 Å². The molecule has 0 spiro atoms. The van der Waals surface area contributed by atoms with Crippen LogP contribution in [0.3, 0.4) is 0 Å². The zero-order valence-corrected chi connectivity index (χ0v) is 16.2. The van der Waals surface area contributed by atoms with Gasteiger partial charge in [-0.2, -0.15) is 4.31 Å². The zero-order chi connectivity index (χ0) is 19.4. The van der Waals surface area contributed by atoms with Gasteiger partial charge < -0.3 is 9.47 Å². The van der Waals surface area contributed by atoms with Crippen LogP contribution in [0.25, 0.3) is 0 Å². The summed E-state index contributed by atoms with van der Waals surface area (Å²) in [6.07, 6.45) is 1.17. The minimum Gasteiger partial charge on any atom is -0.497 e. The summed E-state index contributed by atoms with van der Waals surface area (Å²) in [4.78, 5) is 13.1. The van der Waals surface area contributed by atoms with E-state index in [1.54, 1.807) is 43.5 Å². The predicted octanol–water partition coefficient (Wildman–Crippen LogP) is 3.13. The van der Waals surface area contributed by atoms with Crippen molar-refractivity contribution in [2.75, 3.05) is 20.3 Å². The van der Waals surface area contributed by atoms with Crippen molar-refractivity contribution in [2.45, 2.75) is 30.7 Å². The molecule has 0 amide bonds. The molecule has 3 rings (SSSR count). The number of carbonyl (C=O) groups is 1. The third-order valence-electron chi connectivity index (χ3n) is 4.62. The summed E-state index contributed by atoms with van der Waals surface area (Å²) in [6, 6.07) is 12.4. The molecule has 0 aliphatic carbocycles. The Labute approximate surface area is 159 Å². The number of hydrogen-bond acceptors (Lipinski definition) is 5. The topological polar surface area (TPSA) is 72.9 Å². The van der Waals surface area contributed by atoms with E-state index in [0.717, 1.165) is 0 Å². The number of ether oxygens (including phenoxy) is 2. The Hall–Kier alpha value is -2.38. The van der Waals surface area contributed by atoms with Crippen molar-refractivity contribution in [3.8, 4) is 11.5 Å². The molecule has 1 atom stereocenters. The number of sulfonamides is 1. The van der Waals surface area contributed by atoms with Crippen LogP contribution in [0, 0.1) is 0 Å². The van der Waals surface area contributed by atoms with Gasteiger partial charge in [0.25, 0.3) is 0 Å². The highest BCUT2D eigenvalue weighted by Gasteiger charge is 2.39. The number of Topliss-reactive ketones (excluding diaryl/α,β-unsaturated/α-hetero) is 1. The highest BCUT2D eigenvalue weighted by Crippen LogP contribution is 2.29. The van der Waals surface area contributed by atoms with Crippen molar-refractivity contribution in [3.63, 3.8) is 0 Å². The Morgan fingerprint density at radius 1 is 1.07 bits per heavy atom. The normalized spacial score (nSPS) is 17.6. The molecule has 1 aliphatic rings. The minimum absolute atomic E-state index is 0.167. The highest BCUT2D eigenvalue weighted by molar-refractivity contribution is 7.89. The van der Waals surface area contributed by atoms with E-state index in [1.807, 2.05) is 6.92 Å². The first kappa shape index (κ1) is 19.4. The Morgan fingerprint density at radius 2 is 1.70 bits per heavy atom. The van der Waals surface area contributed by atoms with Crippen LogP contribution in [-0.4, -0.2) is 44.8 Å². The van der Waals surface area contributed by atoms with Gasteiger partial charge in [0.1, 0.15) is 11.5 Å². The number of hydrogen-bond donors (Lipinski definition) is 0. The molecule has 2 aromatic rings. The summed E-state index contributed by atoms with van der Waals surface area (Å²) in [5, 5.41) is 0. The van der Waals surface area contributed by atoms with Gasteiger partial charge in [-0.25, -0.2) is 8.42 Å². The molecule has 1 aliphatic heterocycles. The number of carbonyl (C=O) groups excluding carboxylic acids is 1. The number of benzene rings is 2. The number of methoxy groups -OCH3 is 1. The highest BCUT2D eigenvalue weighted by atomic mass is 32.2. The average Bonchev–Trinajstić information content (AvgIpc) is 3.19. The molecule has 144 valence electrons. The maximum Gasteiger partial charge on any atom is 0.243 e. The summed E-state index contributed by atoms with van der Waals surface area (Å²) in [7, 11) is -2.20. The smallest absolute Gasteiger partial charge is 0.243 e.